The molecule has 1 radical (unpaired) electrons. The molecule has 0 saturated carbocycles. The van der Waals surface area contributed by atoms with E-state index >= 15 is 0 Å². The average Bonchev–Trinajstić information content (AvgIpc) is 2.74. The third kappa shape index (κ3) is 3.03. The molecule has 0 aliphatic heterocycles. The van der Waals surface area contributed by atoms with E-state index in [0.717, 1.165) is 4.35 Å². The van der Waals surface area contributed by atoms with Gasteiger partial charge in [0.05, 0.1) is 0 Å². The average molecular weight is 415 g/mol. The zero-order valence-electron chi connectivity index (χ0n) is 14.7. The van der Waals surface area contributed by atoms with Crippen molar-refractivity contribution in [1.82, 2.24) is 0 Å². The maximum atomic E-state index is 10.3. The monoisotopic (exact) mass is 415 g/mol. The molecule has 2 N–H and O–H groups in total. The second-order valence-corrected chi connectivity index (χ2v) is 13.5. The predicted molar refractivity (Wildman–Crippen MR) is 113 cm³/mol. The van der Waals surface area contributed by atoms with E-state index in [9.17, 15) is 10.2 Å². The molecule has 3 heteroatoms. The standard InChI is InChI=1S/C24H20AsO2/c26-23-17-16-22(18-24(23)27)25(19-10-4-1-5-11-19,20-12-6-2-7-13-20)21-14-8-3-9-15-21/h1-18,26-27H. The zero-order valence-corrected chi connectivity index (χ0v) is 16.6. The zero-order chi connectivity index (χ0) is 18.7. The van der Waals surface area contributed by atoms with Crippen LogP contribution in [0.3, 0.4) is 0 Å². The van der Waals surface area contributed by atoms with E-state index in [0.29, 0.717) is 0 Å². The molecule has 4 aromatic rings. The fourth-order valence-electron chi connectivity index (χ4n) is 3.57. The van der Waals surface area contributed by atoms with Crippen molar-refractivity contribution in [2.45, 2.75) is 0 Å². The third-order valence-electron chi connectivity index (χ3n) is 4.78. The van der Waals surface area contributed by atoms with Crippen molar-refractivity contribution >= 4 is 31.0 Å². The third-order valence-corrected chi connectivity index (χ3v) is 13.7. The van der Waals surface area contributed by atoms with Gasteiger partial charge in [-0.1, -0.05) is 0 Å². The summed E-state index contributed by atoms with van der Waals surface area (Å²) in [5.41, 5.74) is 0. The molecule has 0 aliphatic rings. The normalized spacial score (nSPS) is 11.3. The number of phenolic OH excluding ortho intramolecular Hbond substituents is 2. The van der Waals surface area contributed by atoms with E-state index < -0.39 is 13.6 Å². The molecule has 0 unspecified atom stereocenters. The topological polar surface area (TPSA) is 40.5 Å². The van der Waals surface area contributed by atoms with Crippen LogP contribution in [0.1, 0.15) is 0 Å². The fraction of sp³-hybridized carbons (Fsp3) is 0. The number of benzene rings is 4. The predicted octanol–water partition coefficient (Wildman–Crippen LogP) is 2.48. The van der Waals surface area contributed by atoms with E-state index in [-0.39, 0.29) is 11.5 Å². The molecule has 0 amide bonds. The van der Waals surface area contributed by atoms with Gasteiger partial charge in [0.2, 0.25) is 0 Å². The van der Waals surface area contributed by atoms with Crippen LogP contribution in [-0.4, -0.2) is 23.8 Å². The van der Waals surface area contributed by atoms with Crippen LogP contribution in [0, 0.1) is 0 Å². The van der Waals surface area contributed by atoms with Crippen LogP contribution in [0.15, 0.2) is 109 Å². The Morgan fingerprint density at radius 1 is 0.407 bits per heavy atom. The first kappa shape index (κ1) is 17.5. The summed E-state index contributed by atoms with van der Waals surface area (Å²) in [7, 11) is 0. The van der Waals surface area contributed by atoms with Crippen molar-refractivity contribution in [3.05, 3.63) is 109 Å². The van der Waals surface area contributed by atoms with Crippen LogP contribution in [-0.2, 0) is 0 Å². The number of rotatable bonds is 4. The molecule has 27 heavy (non-hydrogen) atoms. The van der Waals surface area contributed by atoms with E-state index in [2.05, 4.69) is 72.8 Å². The Hall–Kier alpha value is -2.96. The van der Waals surface area contributed by atoms with Gasteiger partial charge >= 0.3 is 162 Å². The van der Waals surface area contributed by atoms with Gasteiger partial charge in [-0.15, -0.1) is 0 Å². The van der Waals surface area contributed by atoms with Crippen molar-refractivity contribution in [2.75, 3.05) is 0 Å². The molecule has 0 spiro atoms. The summed E-state index contributed by atoms with van der Waals surface area (Å²) < 4.78 is 4.85. The van der Waals surface area contributed by atoms with Crippen molar-refractivity contribution in [3.8, 4) is 11.5 Å². The van der Waals surface area contributed by atoms with Crippen LogP contribution in [0.5, 0.6) is 11.5 Å². The number of aromatic hydroxyl groups is 2. The van der Waals surface area contributed by atoms with Crippen LogP contribution in [0.2, 0.25) is 0 Å². The summed E-state index contributed by atoms with van der Waals surface area (Å²) in [6, 6.07) is 36.8. The van der Waals surface area contributed by atoms with Crippen LogP contribution in [0.25, 0.3) is 0 Å². The second-order valence-electron chi connectivity index (χ2n) is 6.35. The first-order chi connectivity index (χ1) is 13.2. The molecular formula is C24H20AsO2. The Bertz CT molecular complexity index is 935. The van der Waals surface area contributed by atoms with Gasteiger partial charge in [0.15, 0.2) is 0 Å². The molecule has 4 aromatic carbocycles. The van der Waals surface area contributed by atoms with E-state index in [1.807, 2.05) is 24.3 Å². The van der Waals surface area contributed by atoms with Gasteiger partial charge in [-0.05, 0) is 0 Å². The van der Waals surface area contributed by atoms with Crippen molar-refractivity contribution in [1.29, 1.82) is 0 Å². The van der Waals surface area contributed by atoms with E-state index in [1.165, 1.54) is 13.1 Å². The molecule has 0 aliphatic carbocycles. The Morgan fingerprint density at radius 3 is 1.19 bits per heavy atom. The number of phenols is 2. The van der Waals surface area contributed by atoms with Gasteiger partial charge in [0.1, 0.15) is 0 Å². The van der Waals surface area contributed by atoms with Crippen molar-refractivity contribution < 1.29 is 10.2 Å². The van der Waals surface area contributed by atoms with E-state index in [4.69, 9.17) is 0 Å². The fourth-order valence-corrected chi connectivity index (χ4v) is 12.5. The quantitative estimate of drug-likeness (QED) is 0.397. The van der Waals surface area contributed by atoms with Crippen LogP contribution < -0.4 is 17.4 Å². The Kier molecular flexibility index (Phi) is 4.75. The first-order valence-corrected chi connectivity index (χ1v) is 12.6. The molecule has 0 heterocycles. The molecule has 0 aromatic heterocycles. The number of hydrogen-bond donors (Lipinski definition) is 2. The Morgan fingerprint density at radius 2 is 0.815 bits per heavy atom. The summed E-state index contributed by atoms with van der Waals surface area (Å²) in [6.07, 6.45) is 0. The minimum atomic E-state index is -3.10. The van der Waals surface area contributed by atoms with Gasteiger partial charge < -0.3 is 0 Å². The van der Waals surface area contributed by atoms with Crippen LogP contribution in [0.4, 0.5) is 0 Å². The Balaban J connectivity index is 2.14. The van der Waals surface area contributed by atoms with Gasteiger partial charge in [-0.25, -0.2) is 0 Å². The maximum absolute atomic E-state index is 10.3. The van der Waals surface area contributed by atoms with Gasteiger partial charge in [0.25, 0.3) is 0 Å². The summed E-state index contributed by atoms with van der Waals surface area (Å²) in [4.78, 5) is 0. The molecule has 2 nitrogen and oxygen atoms in total. The van der Waals surface area contributed by atoms with Crippen molar-refractivity contribution in [3.63, 3.8) is 0 Å². The number of hydrogen-bond acceptors (Lipinski definition) is 2. The minimum absolute atomic E-state index is 0.0823. The first-order valence-electron chi connectivity index (χ1n) is 8.81. The van der Waals surface area contributed by atoms with Gasteiger partial charge in [-0.3, -0.25) is 0 Å². The molecule has 0 bridgehead atoms. The molecule has 0 atom stereocenters. The molecular weight excluding hydrogens is 395 g/mol. The van der Waals surface area contributed by atoms with Crippen molar-refractivity contribution in [2.24, 2.45) is 0 Å². The Labute approximate surface area is 161 Å². The van der Waals surface area contributed by atoms with Gasteiger partial charge in [0, 0.05) is 0 Å². The SMILES string of the molecule is Oc1ccc([As](c2ccccc2)(c2ccccc2)c2ccccc2)cc1O. The molecule has 0 saturated heterocycles. The van der Waals surface area contributed by atoms with Gasteiger partial charge in [-0.2, -0.15) is 0 Å². The summed E-state index contributed by atoms with van der Waals surface area (Å²) >= 11 is -3.10. The summed E-state index contributed by atoms with van der Waals surface area (Å²) in [6.45, 7) is 0. The van der Waals surface area contributed by atoms with Crippen LogP contribution >= 0.6 is 0 Å². The second kappa shape index (κ2) is 7.34. The molecule has 4 rings (SSSR count). The molecule has 133 valence electrons. The summed E-state index contributed by atoms with van der Waals surface area (Å²) in [5, 5.41) is 20.2. The molecule has 0 fully saturated rings. The summed E-state index contributed by atoms with van der Waals surface area (Å²) in [5.74, 6) is -0.178. The van der Waals surface area contributed by atoms with E-state index in [1.54, 1.807) is 12.1 Å².